The fraction of sp³-hybridized carbons (Fsp3) is 0.333. The number of alkyl carbamates (subject to hydrolysis) is 1. The number of aryl methyl sites for hydroxylation is 1. The highest BCUT2D eigenvalue weighted by molar-refractivity contribution is 8.14. The van der Waals surface area contributed by atoms with Crippen LogP contribution >= 0.6 is 11.8 Å². The van der Waals surface area contributed by atoms with Crippen LogP contribution in [0.5, 0.6) is 0 Å². The molecule has 3 aromatic rings. The Morgan fingerprint density at radius 1 is 0.974 bits per heavy atom. The van der Waals surface area contributed by atoms with E-state index in [0.29, 0.717) is 17.4 Å². The minimum absolute atomic E-state index is 0.144. The molecule has 3 rings (SSSR count). The number of ether oxygens (including phenoxy) is 1. The van der Waals surface area contributed by atoms with Gasteiger partial charge < -0.3 is 20.4 Å². The fourth-order valence-corrected chi connectivity index (χ4v) is 4.14. The molecule has 4 amide bonds. The van der Waals surface area contributed by atoms with Crippen LogP contribution < -0.4 is 21.5 Å². The van der Waals surface area contributed by atoms with Crippen LogP contribution in [0.1, 0.15) is 38.8 Å². The summed E-state index contributed by atoms with van der Waals surface area (Å²) in [5.41, 5.74) is 7.25. The number of rotatable bonds is 8. The fourth-order valence-electron chi connectivity index (χ4n) is 3.68. The minimum atomic E-state index is -1.04. The number of nitrogens with one attached hydrogen (secondary N) is 5. The monoisotopic (exact) mass is 539 g/mol. The van der Waals surface area contributed by atoms with Crippen molar-refractivity contribution in [2.24, 2.45) is 0 Å². The molecular weight excluding hydrogens is 506 g/mol. The highest BCUT2D eigenvalue weighted by Crippen LogP contribution is 2.20. The van der Waals surface area contributed by atoms with Gasteiger partial charge in [0.25, 0.3) is 11.1 Å². The number of aromatic nitrogens is 1. The van der Waals surface area contributed by atoms with E-state index in [9.17, 15) is 19.2 Å². The molecule has 0 spiro atoms. The lowest BCUT2D eigenvalue weighted by Gasteiger charge is -2.23. The maximum Gasteiger partial charge on any atom is 0.408 e. The van der Waals surface area contributed by atoms with E-state index in [1.54, 1.807) is 33.0 Å². The van der Waals surface area contributed by atoms with Crippen LogP contribution in [0.25, 0.3) is 10.9 Å². The van der Waals surface area contributed by atoms with Gasteiger partial charge in [-0.15, -0.1) is 0 Å². The zero-order chi connectivity index (χ0) is 27.7. The molecule has 0 aliphatic carbocycles. The van der Waals surface area contributed by atoms with Gasteiger partial charge in [0.2, 0.25) is 5.91 Å². The van der Waals surface area contributed by atoms with Gasteiger partial charge in [-0.05, 0) is 50.5 Å². The second kappa shape index (κ2) is 13.0. The number of thioether (sulfide) groups is 1. The largest absolute Gasteiger partial charge is 0.444 e. The molecule has 2 aromatic carbocycles. The molecule has 0 aliphatic heterocycles. The lowest BCUT2D eigenvalue weighted by atomic mass is 10.0. The number of hydrogen-bond acceptors (Lipinski definition) is 6. The summed E-state index contributed by atoms with van der Waals surface area (Å²) in [6.45, 7) is 7.14. The van der Waals surface area contributed by atoms with Gasteiger partial charge in [0, 0.05) is 29.2 Å². The van der Waals surface area contributed by atoms with Crippen molar-refractivity contribution in [3.63, 3.8) is 0 Å². The van der Waals surface area contributed by atoms with Gasteiger partial charge in [-0.1, -0.05) is 55.1 Å². The maximum absolute atomic E-state index is 13.0. The van der Waals surface area contributed by atoms with Crippen molar-refractivity contribution in [2.75, 3.05) is 11.1 Å². The van der Waals surface area contributed by atoms with Crippen LogP contribution in [0, 0.1) is 0 Å². The summed E-state index contributed by atoms with van der Waals surface area (Å²) in [4.78, 5) is 53.1. The summed E-state index contributed by atoms with van der Waals surface area (Å²) in [5, 5.41) is 5.65. The summed E-state index contributed by atoms with van der Waals surface area (Å²) in [5.74, 6) is -1.13. The Kier molecular flexibility index (Phi) is 9.78. The number of para-hydroxylation sites is 2. The average molecular weight is 540 g/mol. The molecule has 0 unspecified atom stereocenters. The van der Waals surface area contributed by atoms with Gasteiger partial charge in [0.1, 0.15) is 11.6 Å². The molecule has 11 heteroatoms. The van der Waals surface area contributed by atoms with Crippen molar-refractivity contribution in [2.45, 2.75) is 52.2 Å². The van der Waals surface area contributed by atoms with Crippen molar-refractivity contribution >= 4 is 51.5 Å². The molecule has 202 valence electrons. The van der Waals surface area contributed by atoms with Gasteiger partial charge in [0.15, 0.2) is 0 Å². The van der Waals surface area contributed by atoms with Crippen LogP contribution in [-0.2, 0) is 27.2 Å². The van der Waals surface area contributed by atoms with Crippen LogP contribution in [0.2, 0.25) is 0 Å². The highest BCUT2D eigenvalue weighted by atomic mass is 32.2. The van der Waals surface area contributed by atoms with Crippen LogP contribution in [-0.4, -0.2) is 45.5 Å². The molecule has 1 atom stereocenters. The lowest BCUT2D eigenvalue weighted by molar-refractivity contribution is -0.123. The highest BCUT2D eigenvalue weighted by Gasteiger charge is 2.26. The van der Waals surface area contributed by atoms with E-state index >= 15 is 0 Å². The number of amides is 4. The first-order chi connectivity index (χ1) is 18.1. The quantitative estimate of drug-likeness (QED) is 0.271. The molecule has 0 bridgehead atoms. The van der Waals surface area contributed by atoms with Gasteiger partial charge in [-0.2, -0.15) is 0 Å². The van der Waals surface area contributed by atoms with E-state index in [1.807, 2.05) is 49.4 Å². The van der Waals surface area contributed by atoms with Crippen LogP contribution in [0.4, 0.5) is 15.3 Å². The number of anilines is 1. The van der Waals surface area contributed by atoms with E-state index in [2.05, 4.69) is 26.5 Å². The number of hydrogen-bond donors (Lipinski definition) is 5. The second-order valence-corrected chi connectivity index (χ2v) is 10.5. The summed E-state index contributed by atoms with van der Waals surface area (Å²) < 4.78 is 5.31. The molecule has 0 saturated heterocycles. The van der Waals surface area contributed by atoms with Gasteiger partial charge in [0.05, 0.1) is 5.75 Å². The van der Waals surface area contributed by atoms with Crippen molar-refractivity contribution in [1.29, 1.82) is 0 Å². The van der Waals surface area contributed by atoms with E-state index < -0.39 is 28.9 Å². The molecule has 10 nitrogen and oxygen atoms in total. The van der Waals surface area contributed by atoms with Gasteiger partial charge >= 0.3 is 6.09 Å². The Hall–Kier alpha value is -3.99. The number of aromatic amines is 1. The number of carbonyl (C=O) groups is 4. The van der Waals surface area contributed by atoms with Gasteiger partial charge in [-0.25, -0.2) is 4.79 Å². The molecule has 0 aliphatic rings. The van der Waals surface area contributed by atoms with Crippen molar-refractivity contribution in [3.8, 4) is 0 Å². The standard InChI is InChI=1S/C27H33N5O5S/c1-5-17-10-6-8-12-20(17)29-23(33)16-38-26(36)32-31-24(34)22(30-25(35)37-27(2,3)4)14-18-15-28-21-13-9-7-11-19(18)21/h6-13,15,22,28H,5,14,16H2,1-4H3,(H,29,33)(H,30,35)(H,31,34)(H,32,36)/t22-/m1/s1. The normalized spacial score (nSPS) is 11.9. The average Bonchev–Trinajstić information content (AvgIpc) is 3.27. The third kappa shape index (κ3) is 8.55. The first kappa shape index (κ1) is 28.6. The summed E-state index contributed by atoms with van der Waals surface area (Å²) >= 11 is 0.706. The minimum Gasteiger partial charge on any atom is -0.444 e. The third-order valence-electron chi connectivity index (χ3n) is 5.40. The predicted molar refractivity (Wildman–Crippen MR) is 149 cm³/mol. The summed E-state index contributed by atoms with van der Waals surface area (Å²) in [7, 11) is 0. The molecule has 1 heterocycles. The van der Waals surface area contributed by atoms with Crippen molar-refractivity contribution < 1.29 is 23.9 Å². The van der Waals surface area contributed by atoms with Crippen molar-refractivity contribution in [1.82, 2.24) is 21.2 Å². The maximum atomic E-state index is 13.0. The summed E-state index contributed by atoms with van der Waals surface area (Å²) in [6.07, 6.45) is 1.91. The van der Waals surface area contributed by atoms with E-state index in [1.165, 1.54) is 0 Å². The Labute approximate surface area is 225 Å². The zero-order valence-electron chi connectivity index (χ0n) is 21.8. The number of hydrazine groups is 1. The Balaban J connectivity index is 1.57. The SMILES string of the molecule is CCc1ccccc1NC(=O)CSC(=O)NNC(=O)[C@@H](Cc1c[nH]c2ccccc12)NC(=O)OC(C)(C)C. The van der Waals surface area contributed by atoms with Crippen LogP contribution in [0.15, 0.2) is 54.7 Å². The number of H-pyrrole nitrogens is 1. The van der Waals surface area contributed by atoms with E-state index in [-0.39, 0.29) is 18.1 Å². The van der Waals surface area contributed by atoms with Crippen LogP contribution in [0.3, 0.4) is 0 Å². The smallest absolute Gasteiger partial charge is 0.408 e. The predicted octanol–water partition coefficient (Wildman–Crippen LogP) is 4.28. The number of carbonyl (C=O) groups excluding carboxylic acids is 4. The molecule has 5 N–H and O–H groups in total. The zero-order valence-corrected chi connectivity index (χ0v) is 22.7. The molecule has 38 heavy (non-hydrogen) atoms. The molecule has 1 aromatic heterocycles. The lowest BCUT2D eigenvalue weighted by Crippen LogP contribution is -2.53. The Morgan fingerprint density at radius 2 is 1.68 bits per heavy atom. The number of fused-ring (bicyclic) bond motifs is 1. The van der Waals surface area contributed by atoms with Gasteiger partial charge in [-0.3, -0.25) is 25.2 Å². The first-order valence-electron chi connectivity index (χ1n) is 12.2. The molecular formula is C27H33N5O5S. The molecule has 0 radical (unpaired) electrons. The molecule has 0 fully saturated rings. The van der Waals surface area contributed by atoms with E-state index in [4.69, 9.17) is 4.74 Å². The molecule has 0 saturated carbocycles. The third-order valence-corrected chi connectivity index (χ3v) is 6.17. The topological polar surface area (TPSA) is 141 Å². The van der Waals surface area contributed by atoms with Crippen molar-refractivity contribution in [3.05, 3.63) is 65.9 Å². The number of benzene rings is 2. The second-order valence-electron chi connectivity index (χ2n) is 9.51. The Morgan fingerprint density at radius 3 is 2.42 bits per heavy atom. The Bertz CT molecular complexity index is 1300. The first-order valence-corrected chi connectivity index (χ1v) is 13.2. The van der Waals surface area contributed by atoms with E-state index in [0.717, 1.165) is 28.5 Å². The summed E-state index contributed by atoms with van der Waals surface area (Å²) in [6, 6.07) is 14.0.